The summed E-state index contributed by atoms with van der Waals surface area (Å²) in [4.78, 5) is 16.6. The number of aryl methyl sites for hydroxylation is 1. The molecular weight excluding hydrogens is 415 g/mol. The van der Waals surface area contributed by atoms with Crippen LogP contribution in [0.5, 0.6) is 0 Å². The molecule has 1 unspecified atom stereocenters. The van der Waals surface area contributed by atoms with Crippen molar-refractivity contribution in [1.82, 2.24) is 16.0 Å². The molecule has 0 aliphatic rings. The molecule has 158 valence electrons. The topological polar surface area (TPSA) is 98.9 Å². The van der Waals surface area contributed by atoms with E-state index in [2.05, 4.69) is 20.9 Å². The Hall–Kier alpha value is -2.22. The first kappa shape index (κ1) is 23.1. The highest BCUT2D eigenvalue weighted by molar-refractivity contribution is 6.42. The number of hydrogen-bond donors (Lipinski definition) is 4. The molecule has 0 spiro atoms. The lowest BCUT2D eigenvalue weighted by Crippen LogP contribution is -2.42. The number of halogens is 2. The summed E-state index contributed by atoms with van der Waals surface area (Å²) in [6.45, 7) is 7.00. The molecule has 0 saturated carbocycles. The van der Waals surface area contributed by atoms with E-state index in [-0.39, 0.29) is 12.5 Å². The summed E-state index contributed by atoms with van der Waals surface area (Å²) in [6.07, 6.45) is 0. The molecule has 0 radical (unpaired) electrons. The van der Waals surface area contributed by atoms with E-state index < -0.39 is 5.60 Å². The average Bonchev–Trinajstić information content (AvgIpc) is 3.12. The van der Waals surface area contributed by atoms with Crippen molar-refractivity contribution in [3.05, 3.63) is 57.5 Å². The van der Waals surface area contributed by atoms with Gasteiger partial charge in [-0.3, -0.25) is 4.79 Å². The Morgan fingerprint density at radius 2 is 1.86 bits per heavy atom. The molecule has 4 N–H and O–H groups in total. The monoisotopic (exact) mass is 440 g/mol. The number of nitrogens with one attached hydrogen (secondary N) is 3. The van der Waals surface area contributed by atoms with Crippen molar-refractivity contribution in [1.29, 1.82) is 0 Å². The van der Waals surface area contributed by atoms with E-state index in [0.29, 0.717) is 47.0 Å². The zero-order chi connectivity index (χ0) is 21.4. The zero-order valence-corrected chi connectivity index (χ0v) is 18.2. The van der Waals surface area contributed by atoms with Crippen LogP contribution < -0.4 is 16.0 Å². The van der Waals surface area contributed by atoms with Gasteiger partial charge in [-0.05, 0) is 51.1 Å². The maximum absolute atomic E-state index is 12.2. The van der Waals surface area contributed by atoms with Crippen LogP contribution in [0.1, 0.15) is 35.7 Å². The van der Waals surface area contributed by atoms with Gasteiger partial charge in [0.15, 0.2) is 5.96 Å². The Balaban J connectivity index is 1.86. The molecule has 2 aromatic rings. The molecule has 0 fully saturated rings. The molecule has 0 bridgehead atoms. The Bertz CT molecular complexity index is 865. The van der Waals surface area contributed by atoms with Gasteiger partial charge < -0.3 is 25.5 Å². The normalized spacial score (nSPS) is 13.7. The maximum Gasteiger partial charge on any atom is 0.251 e. The van der Waals surface area contributed by atoms with Gasteiger partial charge in [0.25, 0.3) is 5.91 Å². The van der Waals surface area contributed by atoms with Crippen LogP contribution in [0.3, 0.4) is 0 Å². The van der Waals surface area contributed by atoms with Gasteiger partial charge in [0, 0.05) is 25.2 Å². The molecule has 0 aliphatic carbocycles. The number of furan rings is 1. The molecule has 1 aromatic heterocycles. The Labute approximate surface area is 180 Å². The van der Waals surface area contributed by atoms with Gasteiger partial charge in [-0.25, -0.2) is 4.99 Å². The van der Waals surface area contributed by atoms with Crippen LogP contribution in [0, 0.1) is 6.92 Å². The largest absolute Gasteiger partial charge is 0.463 e. The SMILES string of the molecule is CCNC(=NCC(C)(O)c1ccc(C)o1)NCCNC(=O)c1ccc(Cl)c(Cl)c1. The summed E-state index contributed by atoms with van der Waals surface area (Å²) in [5, 5.41) is 20.3. The van der Waals surface area contributed by atoms with Crippen LogP contribution in [0.15, 0.2) is 39.7 Å². The smallest absolute Gasteiger partial charge is 0.251 e. The summed E-state index contributed by atoms with van der Waals surface area (Å²) in [7, 11) is 0. The number of nitrogens with zero attached hydrogens (tertiary/aromatic N) is 1. The van der Waals surface area contributed by atoms with Crippen molar-refractivity contribution < 1.29 is 14.3 Å². The highest BCUT2D eigenvalue weighted by atomic mass is 35.5. The van der Waals surface area contributed by atoms with Crippen molar-refractivity contribution in [2.24, 2.45) is 4.99 Å². The lowest BCUT2D eigenvalue weighted by Gasteiger charge is -2.19. The van der Waals surface area contributed by atoms with Crippen LogP contribution in [0.2, 0.25) is 10.0 Å². The number of carbonyl (C=O) groups excluding carboxylic acids is 1. The minimum absolute atomic E-state index is 0.116. The number of benzene rings is 1. The van der Waals surface area contributed by atoms with Crippen molar-refractivity contribution in [3.8, 4) is 0 Å². The van der Waals surface area contributed by atoms with Crippen molar-refractivity contribution in [2.75, 3.05) is 26.2 Å². The summed E-state index contributed by atoms with van der Waals surface area (Å²) in [6, 6.07) is 8.26. The molecule has 1 atom stereocenters. The number of aliphatic hydroxyl groups is 1. The Morgan fingerprint density at radius 3 is 2.48 bits per heavy atom. The van der Waals surface area contributed by atoms with Gasteiger partial charge in [0.05, 0.1) is 16.6 Å². The fraction of sp³-hybridized carbons (Fsp3) is 0.400. The molecular formula is C20H26Cl2N4O3. The molecule has 1 amide bonds. The van der Waals surface area contributed by atoms with E-state index in [1.54, 1.807) is 31.2 Å². The highest BCUT2D eigenvalue weighted by Crippen LogP contribution is 2.23. The lowest BCUT2D eigenvalue weighted by molar-refractivity contribution is 0.0428. The summed E-state index contributed by atoms with van der Waals surface area (Å²) in [5.41, 5.74) is -0.789. The zero-order valence-electron chi connectivity index (χ0n) is 16.7. The molecule has 1 heterocycles. The predicted octanol–water partition coefficient (Wildman–Crippen LogP) is 3.09. The van der Waals surface area contributed by atoms with Gasteiger partial charge >= 0.3 is 0 Å². The number of amides is 1. The van der Waals surface area contributed by atoms with Crippen LogP contribution >= 0.6 is 23.2 Å². The second kappa shape index (κ2) is 10.5. The maximum atomic E-state index is 12.2. The second-order valence-corrected chi connectivity index (χ2v) is 7.51. The fourth-order valence-electron chi connectivity index (χ4n) is 2.47. The molecule has 1 aromatic carbocycles. The van der Waals surface area contributed by atoms with E-state index in [1.807, 2.05) is 13.8 Å². The number of guanidine groups is 1. The van der Waals surface area contributed by atoms with Crippen molar-refractivity contribution in [3.63, 3.8) is 0 Å². The highest BCUT2D eigenvalue weighted by Gasteiger charge is 2.26. The predicted molar refractivity (Wildman–Crippen MR) is 116 cm³/mol. The lowest BCUT2D eigenvalue weighted by atomic mass is 10.0. The van der Waals surface area contributed by atoms with E-state index in [9.17, 15) is 9.90 Å². The van der Waals surface area contributed by atoms with Gasteiger partial charge in [0.2, 0.25) is 0 Å². The number of hydrogen-bond acceptors (Lipinski definition) is 4. The minimum atomic E-state index is -1.22. The summed E-state index contributed by atoms with van der Waals surface area (Å²) < 4.78 is 5.50. The first-order valence-electron chi connectivity index (χ1n) is 9.27. The average molecular weight is 441 g/mol. The van der Waals surface area contributed by atoms with E-state index in [1.165, 1.54) is 6.07 Å². The fourth-order valence-corrected chi connectivity index (χ4v) is 2.77. The van der Waals surface area contributed by atoms with E-state index in [0.717, 1.165) is 5.76 Å². The second-order valence-electron chi connectivity index (χ2n) is 6.69. The first-order valence-corrected chi connectivity index (χ1v) is 10.0. The van der Waals surface area contributed by atoms with Crippen LogP contribution in [0.25, 0.3) is 0 Å². The third-order valence-corrected chi connectivity index (χ3v) is 4.78. The van der Waals surface area contributed by atoms with Crippen LogP contribution in [-0.2, 0) is 5.60 Å². The van der Waals surface area contributed by atoms with Gasteiger partial charge in [-0.2, -0.15) is 0 Å². The molecule has 29 heavy (non-hydrogen) atoms. The van der Waals surface area contributed by atoms with E-state index >= 15 is 0 Å². The molecule has 7 nitrogen and oxygen atoms in total. The van der Waals surface area contributed by atoms with Crippen LogP contribution in [-0.4, -0.2) is 43.2 Å². The molecule has 0 saturated heterocycles. The summed E-state index contributed by atoms with van der Waals surface area (Å²) >= 11 is 11.8. The minimum Gasteiger partial charge on any atom is -0.463 e. The molecule has 2 rings (SSSR count). The van der Waals surface area contributed by atoms with Crippen molar-refractivity contribution >= 4 is 35.1 Å². The quantitative estimate of drug-likeness (QED) is 0.287. The molecule has 9 heteroatoms. The first-order chi connectivity index (χ1) is 13.7. The molecule has 0 aliphatic heterocycles. The number of rotatable bonds is 8. The number of aliphatic imine (C=N–C) groups is 1. The Morgan fingerprint density at radius 1 is 1.14 bits per heavy atom. The van der Waals surface area contributed by atoms with Gasteiger partial charge in [-0.1, -0.05) is 23.2 Å². The van der Waals surface area contributed by atoms with Gasteiger partial charge in [0.1, 0.15) is 17.1 Å². The van der Waals surface area contributed by atoms with Gasteiger partial charge in [-0.15, -0.1) is 0 Å². The number of carbonyl (C=O) groups is 1. The third-order valence-electron chi connectivity index (χ3n) is 4.05. The van der Waals surface area contributed by atoms with Crippen molar-refractivity contribution in [2.45, 2.75) is 26.4 Å². The Kier molecular flexibility index (Phi) is 8.37. The van der Waals surface area contributed by atoms with Crippen LogP contribution in [0.4, 0.5) is 0 Å². The third kappa shape index (κ3) is 6.96. The standard InChI is InChI=1S/C20H26Cl2N4O3/c1-4-23-19(26-12-20(3,28)17-8-5-13(2)29-17)25-10-9-24-18(27)14-6-7-15(21)16(22)11-14/h5-8,11,28H,4,9-10,12H2,1-3H3,(H,24,27)(H2,23,25,26). The van der Waals surface area contributed by atoms with E-state index in [4.69, 9.17) is 27.6 Å². The summed E-state index contributed by atoms with van der Waals surface area (Å²) in [5.74, 6) is 1.47.